The zero-order valence-electron chi connectivity index (χ0n) is 6.52. The number of fused-ring (bicyclic) bond motifs is 2. The van der Waals surface area contributed by atoms with E-state index in [1.54, 1.807) is 0 Å². The molecule has 0 N–H and O–H groups in total. The monoisotopic (exact) mass is 157 g/mol. The van der Waals surface area contributed by atoms with Crippen LogP contribution < -0.4 is 0 Å². The average molecular weight is 157 g/mol. The van der Waals surface area contributed by atoms with Crippen LogP contribution >= 0.6 is 0 Å². The van der Waals surface area contributed by atoms with Crippen molar-refractivity contribution in [3.05, 3.63) is 0 Å². The lowest BCUT2D eigenvalue weighted by Crippen LogP contribution is -2.56. The van der Waals surface area contributed by atoms with Crippen LogP contribution in [0.4, 0.5) is 0 Å². The fourth-order valence-corrected chi connectivity index (χ4v) is 3.48. The van der Waals surface area contributed by atoms with Gasteiger partial charge in [0.1, 0.15) is 0 Å². The predicted octanol–water partition coefficient (Wildman–Crippen LogP) is 1.53. The normalized spacial score (nSPS) is 46.8. The molecule has 3 saturated heterocycles. The SMILES string of the molecule is CCC1(C)OC2C[Si](C2)O1. The summed E-state index contributed by atoms with van der Waals surface area (Å²) in [7, 11) is -0.393. The highest BCUT2D eigenvalue weighted by atomic mass is 28.3. The Balaban J connectivity index is 2.01. The number of hydrogen-bond donors (Lipinski definition) is 0. The van der Waals surface area contributed by atoms with Gasteiger partial charge in [-0.15, -0.1) is 0 Å². The molecule has 3 rings (SSSR count). The first kappa shape index (κ1) is 6.82. The molecule has 1 unspecified atom stereocenters. The molecule has 1 atom stereocenters. The summed E-state index contributed by atoms with van der Waals surface area (Å²) in [6, 6.07) is 2.44. The third-order valence-electron chi connectivity index (χ3n) is 2.33. The van der Waals surface area contributed by atoms with Crippen molar-refractivity contribution in [2.45, 2.75) is 44.2 Å². The molecule has 3 heterocycles. The van der Waals surface area contributed by atoms with Crippen LogP contribution in [-0.4, -0.2) is 20.9 Å². The molecule has 10 heavy (non-hydrogen) atoms. The third-order valence-corrected chi connectivity index (χ3v) is 4.87. The molecule has 3 fully saturated rings. The van der Waals surface area contributed by atoms with Gasteiger partial charge in [-0.3, -0.25) is 0 Å². The maximum atomic E-state index is 5.77. The van der Waals surface area contributed by atoms with E-state index >= 15 is 0 Å². The molecule has 0 spiro atoms. The Morgan fingerprint density at radius 1 is 1.60 bits per heavy atom. The quantitative estimate of drug-likeness (QED) is 0.537. The van der Waals surface area contributed by atoms with Gasteiger partial charge in [-0.1, -0.05) is 6.92 Å². The van der Waals surface area contributed by atoms with Crippen LogP contribution in [0.15, 0.2) is 0 Å². The summed E-state index contributed by atoms with van der Waals surface area (Å²) in [5.41, 5.74) is 0. The zero-order chi connectivity index (χ0) is 7.19. The van der Waals surface area contributed by atoms with Crippen molar-refractivity contribution in [3.63, 3.8) is 0 Å². The van der Waals surface area contributed by atoms with Crippen LogP contribution in [0.3, 0.4) is 0 Å². The van der Waals surface area contributed by atoms with E-state index in [-0.39, 0.29) is 5.79 Å². The maximum Gasteiger partial charge on any atom is 0.220 e. The fourth-order valence-electron chi connectivity index (χ4n) is 1.45. The Morgan fingerprint density at radius 3 is 2.60 bits per heavy atom. The van der Waals surface area contributed by atoms with Gasteiger partial charge in [-0.05, 0) is 25.4 Å². The van der Waals surface area contributed by atoms with Crippen LogP contribution in [0, 0.1) is 0 Å². The van der Waals surface area contributed by atoms with Gasteiger partial charge in [-0.25, -0.2) is 0 Å². The lowest BCUT2D eigenvalue weighted by atomic mass is 10.2. The fraction of sp³-hybridized carbons (Fsp3) is 1.00. The minimum absolute atomic E-state index is 0.213. The van der Waals surface area contributed by atoms with Crippen molar-refractivity contribution in [3.8, 4) is 0 Å². The smallest absolute Gasteiger partial charge is 0.220 e. The largest absolute Gasteiger partial charge is 0.390 e. The molecule has 0 aromatic heterocycles. The first-order valence-corrected chi connectivity index (χ1v) is 5.75. The van der Waals surface area contributed by atoms with E-state index in [1.807, 2.05) is 0 Å². The Kier molecular flexibility index (Phi) is 1.41. The van der Waals surface area contributed by atoms with Crippen molar-refractivity contribution in [2.24, 2.45) is 0 Å². The molecule has 1 radical (unpaired) electrons. The maximum absolute atomic E-state index is 5.77. The van der Waals surface area contributed by atoms with Gasteiger partial charge in [0.2, 0.25) is 9.04 Å². The average Bonchev–Trinajstić information content (AvgIpc) is 1.86. The summed E-state index contributed by atoms with van der Waals surface area (Å²) in [5, 5.41) is 0. The molecule has 3 aliphatic heterocycles. The molecule has 3 aliphatic rings. The van der Waals surface area contributed by atoms with Gasteiger partial charge < -0.3 is 9.16 Å². The van der Waals surface area contributed by atoms with Crippen LogP contribution in [0.2, 0.25) is 12.1 Å². The Morgan fingerprint density at radius 2 is 2.30 bits per heavy atom. The van der Waals surface area contributed by atoms with Gasteiger partial charge in [0.05, 0.1) is 6.10 Å². The standard InChI is InChI=1S/C7H13O2Si/c1-3-7(2)8-6-4-10(5-6)9-7/h6H,3-5H2,1-2H3. The lowest BCUT2D eigenvalue weighted by molar-refractivity contribution is -0.232. The molecule has 0 aliphatic carbocycles. The van der Waals surface area contributed by atoms with Gasteiger partial charge in [0, 0.05) is 0 Å². The van der Waals surface area contributed by atoms with E-state index in [4.69, 9.17) is 9.16 Å². The second kappa shape index (κ2) is 2.06. The molecule has 57 valence electrons. The molecule has 0 aromatic carbocycles. The molecule has 0 saturated carbocycles. The molecular formula is C7H13O2Si. The van der Waals surface area contributed by atoms with Crippen molar-refractivity contribution in [2.75, 3.05) is 0 Å². The van der Waals surface area contributed by atoms with Crippen molar-refractivity contribution in [1.82, 2.24) is 0 Å². The summed E-state index contributed by atoms with van der Waals surface area (Å²) in [5.74, 6) is -0.213. The molecule has 0 aromatic rings. The van der Waals surface area contributed by atoms with Crippen LogP contribution in [-0.2, 0) is 9.16 Å². The van der Waals surface area contributed by atoms with Crippen molar-refractivity contribution in [1.29, 1.82) is 0 Å². The Labute approximate surface area is 63.2 Å². The summed E-state index contributed by atoms with van der Waals surface area (Å²) >= 11 is 0. The van der Waals surface area contributed by atoms with Crippen LogP contribution in [0.25, 0.3) is 0 Å². The van der Waals surface area contributed by atoms with Crippen LogP contribution in [0.1, 0.15) is 20.3 Å². The third kappa shape index (κ3) is 0.928. The van der Waals surface area contributed by atoms with Gasteiger partial charge in [0.25, 0.3) is 0 Å². The number of hydrogen-bond acceptors (Lipinski definition) is 2. The van der Waals surface area contributed by atoms with E-state index in [2.05, 4.69) is 13.8 Å². The highest BCUT2D eigenvalue weighted by molar-refractivity contribution is 6.56. The van der Waals surface area contributed by atoms with E-state index in [1.165, 1.54) is 12.1 Å². The summed E-state index contributed by atoms with van der Waals surface area (Å²) in [4.78, 5) is 0. The summed E-state index contributed by atoms with van der Waals surface area (Å²) < 4.78 is 11.5. The topological polar surface area (TPSA) is 18.5 Å². The highest BCUT2D eigenvalue weighted by Gasteiger charge is 2.47. The minimum Gasteiger partial charge on any atom is -0.390 e. The zero-order valence-corrected chi connectivity index (χ0v) is 7.52. The molecule has 2 nitrogen and oxygen atoms in total. The Hall–Kier alpha value is 0.137. The first-order valence-electron chi connectivity index (χ1n) is 3.93. The van der Waals surface area contributed by atoms with E-state index in [0.717, 1.165) is 6.42 Å². The number of rotatable bonds is 1. The first-order chi connectivity index (χ1) is 4.72. The second-order valence-electron chi connectivity index (χ2n) is 3.28. The Bertz CT molecular complexity index is 133. The van der Waals surface area contributed by atoms with Gasteiger partial charge in [0.15, 0.2) is 5.79 Å². The molecule has 3 heteroatoms. The highest BCUT2D eigenvalue weighted by Crippen LogP contribution is 2.39. The molecule has 2 bridgehead atoms. The predicted molar refractivity (Wildman–Crippen MR) is 40.0 cm³/mol. The second-order valence-corrected chi connectivity index (χ2v) is 5.37. The molecule has 0 amide bonds. The van der Waals surface area contributed by atoms with Crippen molar-refractivity contribution < 1.29 is 9.16 Å². The summed E-state index contributed by atoms with van der Waals surface area (Å²) in [6.07, 6.45) is 1.53. The molecular weight excluding hydrogens is 144 g/mol. The lowest BCUT2D eigenvalue weighted by Gasteiger charge is -2.49. The van der Waals surface area contributed by atoms with Gasteiger partial charge in [-0.2, -0.15) is 0 Å². The summed E-state index contributed by atoms with van der Waals surface area (Å²) in [6.45, 7) is 4.18. The minimum atomic E-state index is -0.393. The van der Waals surface area contributed by atoms with Crippen molar-refractivity contribution >= 4 is 9.04 Å². The number of ether oxygens (including phenoxy) is 1. The van der Waals surface area contributed by atoms with E-state index < -0.39 is 9.04 Å². The van der Waals surface area contributed by atoms with E-state index in [0.29, 0.717) is 6.10 Å². The van der Waals surface area contributed by atoms with Gasteiger partial charge >= 0.3 is 0 Å². The van der Waals surface area contributed by atoms with E-state index in [9.17, 15) is 0 Å². The van der Waals surface area contributed by atoms with Crippen LogP contribution in [0.5, 0.6) is 0 Å².